The lowest BCUT2D eigenvalue weighted by Gasteiger charge is -2.26. The summed E-state index contributed by atoms with van der Waals surface area (Å²) in [6.07, 6.45) is 3.00. The highest BCUT2D eigenvalue weighted by Gasteiger charge is 2.30. The maximum absolute atomic E-state index is 12.2. The van der Waals surface area contributed by atoms with E-state index in [0.29, 0.717) is 19.0 Å². The number of nitrogens with zero attached hydrogens (tertiary/aromatic N) is 1. The molecule has 2 aliphatic rings. The third-order valence-electron chi connectivity index (χ3n) is 3.61. The van der Waals surface area contributed by atoms with Crippen LogP contribution in [0.25, 0.3) is 0 Å². The fraction of sp³-hybridized carbons (Fsp3) is 0.500. The molecular formula is C14H18BNO4. The number of carbonyl (C=O) groups is 1. The second kappa shape index (κ2) is 6.28. The average Bonchev–Trinajstić information content (AvgIpc) is 3.03. The largest absolute Gasteiger partial charge is 0.497 e. The molecule has 6 heteroatoms. The van der Waals surface area contributed by atoms with Crippen LogP contribution in [0.15, 0.2) is 24.3 Å². The molecule has 2 fully saturated rings. The summed E-state index contributed by atoms with van der Waals surface area (Å²) in [7, 11) is -0.430. The van der Waals surface area contributed by atoms with Crippen molar-refractivity contribution in [1.82, 2.24) is 4.90 Å². The van der Waals surface area contributed by atoms with Crippen LogP contribution in [0, 0.1) is 0 Å². The lowest BCUT2D eigenvalue weighted by Crippen LogP contribution is -2.40. The molecule has 1 aromatic carbocycles. The van der Waals surface area contributed by atoms with Crippen LogP contribution in [0.5, 0.6) is 5.75 Å². The number of benzene rings is 1. The van der Waals surface area contributed by atoms with Crippen molar-refractivity contribution < 1.29 is 18.8 Å². The summed E-state index contributed by atoms with van der Waals surface area (Å²) < 4.78 is 16.5. The van der Waals surface area contributed by atoms with E-state index in [4.69, 9.17) is 14.0 Å². The van der Waals surface area contributed by atoms with Crippen molar-refractivity contribution in [2.75, 3.05) is 26.3 Å². The molecule has 106 valence electrons. The van der Waals surface area contributed by atoms with Gasteiger partial charge in [-0.05, 0) is 25.3 Å². The van der Waals surface area contributed by atoms with E-state index < -0.39 is 7.12 Å². The second-order valence-corrected chi connectivity index (χ2v) is 5.03. The SMILES string of the molecule is O=C(Oc1ccccc1B1OCCO1)N1CCCCC1. The normalized spacial score (nSPS) is 19.2. The van der Waals surface area contributed by atoms with Crippen LogP contribution in [0.4, 0.5) is 4.79 Å². The summed E-state index contributed by atoms with van der Waals surface area (Å²) in [5.41, 5.74) is 0.773. The Balaban J connectivity index is 1.71. The lowest BCUT2D eigenvalue weighted by atomic mass is 9.79. The van der Waals surface area contributed by atoms with E-state index in [9.17, 15) is 4.79 Å². The monoisotopic (exact) mass is 275 g/mol. The van der Waals surface area contributed by atoms with E-state index >= 15 is 0 Å². The third-order valence-corrected chi connectivity index (χ3v) is 3.61. The number of hydrogen-bond donors (Lipinski definition) is 0. The summed E-state index contributed by atoms with van der Waals surface area (Å²) in [5, 5.41) is 0. The van der Waals surface area contributed by atoms with Crippen molar-refractivity contribution in [1.29, 1.82) is 0 Å². The number of piperidine rings is 1. The van der Waals surface area contributed by atoms with Crippen LogP contribution in [0.2, 0.25) is 0 Å². The predicted molar refractivity (Wildman–Crippen MR) is 75.2 cm³/mol. The van der Waals surface area contributed by atoms with Crippen LogP contribution in [0.1, 0.15) is 19.3 Å². The van der Waals surface area contributed by atoms with Crippen molar-refractivity contribution in [3.8, 4) is 5.75 Å². The summed E-state index contributed by atoms with van der Waals surface area (Å²) in [4.78, 5) is 13.9. The van der Waals surface area contributed by atoms with Crippen molar-refractivity contribution >= 4 is 18.7 Å². The molecule has 0 N–H and O–H groups in total. The minimum absolute atomic E-state index is 0.282. The molecule has 0 unspecified atom stereocenters. The number of rotatable bonds is 2. The molecule has 2 heterocycles. The van der Waals surface area contributed by atoms with Crippen LogP contribution in [-0.4, -0.2) is 44.4 Å². The van der Waals surface area contributed by atoms with Gasteiger partial charge in [-0.2, -0.15) is 0 Å². The van der Waals surface area contributed by atoms with E-state index in [2.05, 4.69) is 0 Å². The fourth-order valence-corrected chi connectivity index (χ4v) is 2.54. The molecule has 1 aromatic rings. The second-order valence-electron chi connectivity index (χ2n) is 5.03. The highest BCUT2D eigenvalue weighted by Crippen LogP contribution is 2.15. The first kappa shape index (κ1) is 13.5. The van der Waals surface area contributed by atoms with Crippen LogP contribution in [0.3, 0.4) is 0 Å². The van der Waals surface area contributed by atoms with Gasteiger partial charge in [-0.1, -0.05) is 18.2 Å². The van der Waals surface area contributed by atoms with Gasteiger partial charge in [0.2, 0.25) is 0 Å². The van der Waals surface area contributed by atoms with Gasteiger partial charge in [-0.3, -0.25) is 0 Å². The van der Waals surface area contributed by atoms with E-state index in [1.54, 1.807) is 11.0 Å². The molecule has 2 saturated heterocycles. The first-order valence-corrected chi connectivity index (χ1v) is 7.13. The summed E-state index contributed by atoms with van der Waals surface area (Å²) >= 11 is 0. The van der Waals surface area contributed by atoms with Gasteiger partial charge in [0.15, 0.2) is 0 Å². The van der Waals surface area contributed by atoms with E-state index in [-0.39, 0.29) is 6.09 Å². The summed E-state index contributed by atoms with van der Waals surface area (Å²) in [5.74, 6) is 0.523. The molecule has 0 atom stereocenters. The highest BCUT2D eigenvalue weighted by molar-refractivity contribution is 6.62. The smallest absolute Gasteiger partial charge is 0.411 e. The Morgan fingerprint density at radius 1 is 1.10 bits per heavy atom. The van der Waals surface area contributed by atoms with Gasteiger partial charge in [0.05, 0.1) is 13.2 Å². The molecule has 0 aromatic heterocycles. The quantitative estimate of drug-likeness (QED) is 0.766. The van der Waals surface area contributed by atoms with Crippen LogP contribution < -0.4 is 10.2 Å². The molecule has 0 bridgehead atoms. The van der Waals surface area contributed by atoms with Crippen LogP contribution in [-0.2, 0) is 9.31 Å². The minimum Gasteiger partial charge on any atom is -0.411 e. The Morgan fingerprint density at radius 3 is 2.55 bits per heavy atom. The first-order valence-electron chi connectivity index (χ1n) is 7.13. The Morgan fingerprint density at radius 2 is 1.80 bits per heavy atom. The summed E-state index contributed by atoms with van der Waals surface area (Å²) in [6.45, 7) is 2.69. The van der Waals surface area contributed by atoms with Gasteiger partial charge < -0.3 is 18.9 Å². The molecule has 0 saturated carbocycles. The van der Waals surface area contributed by atoms with E-state index in [1.165, 1.54) is 6.42 Å². The number of para-hydroxylation sites is 1. The first-order chi connectivity index (χ1) is 9.84. The Hall–Kier alpha value is -1.53. The lowest BCUT2D eigenvalue weighted by molar-refractivity contribution is 0.143. The van der Waals surface area contributed by atoms with Gasteiger partial charge in [0, 0.05) is 18.6 Å². The van der Waals surface area contributed by atoms with Crippen molar-refractivity contribution in [3.05, 3.63) is 24.3 Å². The zero-order valence-corrected chi connectivity index (χ0v) is 11.4. The molecule has 0 aliphatic carbocycles. The fourth-order valence-electron chi connectivity index (χ4n) is 2.54. The third kappa shape index (κ3) is 2.97. The highest BCUT2D eigenvalue weighted by atomic mass is 16.6. The Bertz CT molecular complexity index is 470. The number of likely N-dealkylation sites (tertiary alicyclic amines) is 1. The molecule has 2 aliphatic heterocycles. The zero-order chi connectivity index (χ0) is 13.8. The topological polar surface area (TPSA) is 48.0 Å². The predicted octanol–water partition coefficient (Wildman–Crippen LogP) is 1.41. The molecule has 5 nitrogen and oxygen atoms in total. The molecule has 0 radical (unpaired) electrons. The van der Waals surface area contributed by atoms with Crippen molar-refractivity contribution in [3.63, 3.8) is 0 Å². The Labute approximate surface area is 118 Å². The maximum Gasteiger partial charge on any atom is 0.497 e. The van der Waals surface area contributed by atoms with Gasteiger partial charge >= 0.3 is 13.2 Å². The molecule has 3 rings (SSSR count). The molecule has 0 spiro atoms. The maximum atomic E-state index is 12.2. The molecule has 1 amide bonds. The Kier molecular flexibility index (Phi) is 4.23. The number of hydrogen-bond acceptors (Lipinski definition) is 4. The van der Waals surface area contributed by atoms with Crippen molar-refractivity contribution in [2.45, 2.75) is 19.3 Å². The number of amides is 1. The van der Waals surface area contributed by atoms with E-state index in [1.807, 2.05) is 18.2 Å². The standard InChI is InChI=1S/C14H18BNO4/c17-14(16-8-4-1-5-9-16)20-13-7-3-2-6-12(13)15-18-10-11-19-15/h2-3,6-7H,1,4-5,8-11H2. The van der Waals surface area contributed by atoms with Gasteiger partial charge in [-0.25, -0.2) is 4.79 Å². The van der Waals surface area contributed by atoms with Gasteiger partial charge in [0.25, 0.3) is 0 Å². The molecular weight excluding hydrogens is 257 g/mol. The van der Waals surface area contributed by atoms with E-state index in [0.717, 1.165) is 31.4 Å². The van der Waals surface area contributed by atoms with Gasteiger partial charge in [-0.15, -0.1) is 0 Å². The zero-order valence-electron chi connectivity index (χ0n) is 11.4. The minimum atomic E-state index is -0.430. The van der Waals surface area contributed by atoms with Gasteiger partial charge in [0.1, 0.15) is 5.75 Å². The molecule has 20 heavy (non-hydrogen) atoms. The number of ether oxygens (including phenoxy) is 1. The summed E-state index contributed by atoms with van der Waals surface area (Å²) in [6, 6.07) is 7.38. The number of carbonyl (C=O) groups excluding carboxylic acids is 1. The van der Waals surface area contributed by atoms with Crippen molar-refractivity contribution in [2.24, 2.45) is 0 Å². The van der Waals surface area contributed by atoms with Crippen LogP contribution >= 0.6 is 0 Å². The average molecular weight is 275 g/mol.